The molecular weight excluding hydrogens is 498 g/mol. The van der Waals surface area contributed by atoms with Crippen molar-refractivity contribution < 1.29 is 22.8 Å². The van der Waals surface area contributed by atoms with Crippen molar-refractivity contribution in [2.75, 3.05) is 6.54 Å². The molecule has 3 aromatic rings. The number of hydrogen-bond acceptors (Lipinski definition) is 7. The van der Waals surface area contributed by atoms with E-state index in [2.05, 4.69) is 10.5 Å². The van der Waals surface area contributed by atoms with Gasteiger partial charge in [0.25, 0.3) is 0 Å². The highest BCUT2D eigenvalue weighted by Crippen LogP contribution is 2.27. The molecule has 0 unspecified atom stereocenters. The van der Waals surface area contributed by atoms with E-state index in [0.29, 0.717) is 12.8 Å². The van der Waals surface area contributed by atoms with Gasteiger partial charge < -0.3 is 14.9 Å². The third-order valence-corrected chi connectivity index (χ3v) is 9.24. The smallest absolute Gasteiger partial charge is 0.248 e. The minimum absolute atomic E-state index is 0.0402. The molecule has 0 bridgehead atoms. The molecule has 1 aliphatic carbocycles. The number of aryl methyl sites for hydroxylation is 1. The highest BCUT2D eigenvalue weighted by Gasteiger charge is 2.34. The molecule has 8 nitrogen and oxygen atoms in total. The lowest BCUT2D eigenvalue weighted by Gasteiger charge is -2.29. The van der Waals surface area contributed by atoms with E-state index in [-0.39, 0.29) is 29.7 Å². The van der Waals surface area contributed by atoms with Crippen LogP contribution in [0.3, 0.4) is 0 Å². The van der Waals surface area contributed by atoms with Gasteiger partial charge in [-0.2, -0.15) is 4.31 Å². The zero-order valence-electron chi connectivity index (χ0n) is 20.4. The first-order chi connectivity index (χ1) is 17.3. The number of aliphatic hydroxyl groups is 1. The van der Waals surface area contributed by atoms with Gasteiger partial charge in [-0.3, -0.25) is 4.79 Å². The van der Waals surface area contributed by atoms with Gasteiger partial charge in [-0.15, -0.1) is 11.3 Å². The van der Waals surface area contributed by atoms with Crippen LogP contribution in [0.4, 0.5) is 0 Å². The lowest BCUT2D eigenvalue weighted by Crippen LogP contribution is -2.50. The third-order valence-electron chi connectivity index (χ3n) is 6.47. The number of allylic oxidation sites excluding steroid dienone is 1. The second kappa shape index (κ2) is 11.5. The maximum atomic E-state index is 13.6. The number of carbonyl (C=O) groups excluding carboxylic acids is 1. The fourth-order valence-corrected chi connectivity index (χ4v) is 6.76. The van der Waals surface area contributed by atoms with Crippen LogP contribution in [0.2, 0.25) is 0 Å². The van der Waals surface area contributed by atoms with Gasteiger partial charge >= 0.3 is 0 Å². The lowest BCUT2D eigenvalue weighted by atomic mass is 10.00. The Morgan fingerprint density at radius 3 is 2.58 bits per heavy atom. The Hall–Kier alpha value is -2.79. The van der Waals surface area contributed by atoms with Gasteiger partial charge in [0.1, 0.15) is 4.90 Å². The number of amides is 1. The number of hydrogen-bond donors (Lipinski definition) is 2. The van der Waals surface area contributed by atoms with E-state index in [0.717, 1.165) is 34.4 Å². The molecule has 0 fully saturated rings. The standard InChI is InChI=1S/C26H31N3O5S2/c1-18-8-6-12-22(18)26(31)28-23(14-20-9-4-3-5-10-20)24(30)17-29(16-21-11-7-13-35-21)36(32,33)25-15-27-34-19(25)2/h3-5,7,9-11,13,15,23-24,30H,6,8,12,14,16-17H2,1-2H3,(H,28,31)/t23-,24+/m0/s1. The molecule has 0 radical (unpaired) electrons. The number of aromatic nitrogens is 1. The lowest BCUT2D eigenvalue weighted by molar-refractivity contribution is -0.119. The number of nitrogens with zero attached hydrogens (tertiary/aromatic N) is 2. The van der Waals surface area contributed by atoms with Gasteiger partial charge in [0.05, 0.1) is 18.3 Å². The van der Waals surface area contributed by atoms with Crippen LogP contribution in [0.15, 0.2) is 74.6 Å². The monoisotopic (exact) mass is 529 g/mol. The van der Waals surface area contributed by atoms with Gasteiger partial charge in [-0.25, -0.2) is 8.42 Å². The van der Waals surface area contributed by atoms with Crippen LogP contribution in [0.5, 0.6) is 0 Å². The molecule has 1 amide bonds. The summed E-state index contributed by atoms with van der Waals surface area (Å²) >= 11 is 1.43. The fraction of sp³-hybridized carbons (Fsp3) is 0.385. The SMILES string of the molecule is CC1=C(C(=O)N[C@@H](Cc2ccccc2)[C@H](O)CN(Cc2cccs2)S(=O)(=O)c2cnoc2C)CCC1. The molecule has 0 saturated carbocycles. The summed E-state index contributed by atoms with van der Waals surface area (Å²) in [5.74, 6) is -0.0222. The van der Waals surface area contributed by atoms with Gasteiger partial charge in [-0.05, 0) is 56.5 Å². The molecule has 192 valence electrons. The van der Waals surface area contributed by atoms with E-state index in [9.17, 15) is 18.3 Å². The molecule has 2 heterocycles. The first kappa shape index (κ1) is 26.3. The van der Waals surface area contributed by atoms with Crippen LogP contribution in [-0.4, -0.2) is 47.6 Å². The zero-order valence-corrected chi connectivity index (χ0v) is 22.0. The predicted octanol–water partition coefficient (Wildman–Crippen LogP) is 3.82. The summed E-state index contributed by atoms with van der Waals surface area (Å²) < 4.78 is 33.4. The number of thiophene rings is 1. The molecule has 4 rings (SSSR count). The van der Waals surface area contributed by atoms with E-state index in [4.69, 9.17) is 4.52 Å². The summed E-state index contributed by atoms with van der Waals surface area (Å²) in [5.41, 5.74) is 2.75. The van der Waals surface area contributed by atoms with Gasteiger partial charge in [0.2, 0.25) is 15.9 Å². The van der Waals surface area contributed by atoms with Crippen molar-refractivity contribution in [1.29, 1.82) is 0 Å². The molecule has 0 spiro atoms. The van der Waals surface area contributed by atoms with Crippen LogP contribution < -0.4 is 5.32 Å². The van der Waals surface area contributed by atoms with E-state index in [1.165, 1.54) is 28.8 Å². The molecule has 1 aliphatic rings. The highest BCUT2D eigenvalue weighted by atomic mass is 32.2. The Bertz CT molecular complexity index is 1300. The zero-order chi connectivity index (χ0) is 25.7. The average molecular weight is 530 g/mol. The first-order valence-electron chi connectivity index (χ1n) is 11.9. The molecule has 0 saturated heterocycles. The maximum absolute atomic E-state index is 13.6. The van der Waals surface area contributed by atoms with Crippen LogP contribution in [0, 0.1) is 6.92 Å². The van der Waals surface area contributed by atoms with Crippen LogP contribution in [0.1, 0.15) is 42.4 Å². The second-order valence-corrected chi connectivity index (χ2v) is 12.0. The molecule has 2 atom stereocenters. The minimum Gasteiger partial charge on any atom is -0.390 e. The topological polar surface area (TPSA) is 113 Å². The van der Waals surface area contributed by atoms with Crippen molar-refractivity contribution in [1.82, 2.24) is 14.8 Å². The van der Waals surface area contributed by atoms with Crippen LogP contribution in [-0.2, 0) is 27.8 Å². The summed E-state index contributed by atoms with van der Waals surface area (Å²) in [6.07, 6.45) is 2.91. The fourth-order valence-electron chi connectivity index (χ4n) is 4.45. The molecule has 36 heavy (non-hydrogen) atoms. The van der Waals surface area contributed by atoms with Crippen molar-refractivity contribution in [3.05, 3.63) is 81.4 Å². The summed E-state index contributed by atoms with van der Waals surface area (Å²) in [6, 6.07) is 12.5. The van der Waals surface area contributed by atoms with E-state index >= 15 is 0 Å². The van der Waals surface area contributed by atoms with Crippen molar-refractivity contribution in [3.8, 4) is 0 Å². The van der Waals surface area contributed by atoms with Gasteiger partial charge in [-0.1, -0.05) is 47.1 Å². The summed E-state index contributed by atoms with van der Waals surface area (Å²) in [4.78, 5) is 13.9. The van der Waals surface area contributed by atoms with Crippen molar-refractivity contribution in [2.24, 2.45) is 0 Å². The number of benzene rings is 1. The first-order valence-corrected chi connectivity index (χ1v) is 14.2. The van der Waals surface area contributed by atoms with Crippen molar-refractivity contribution in [2.45, 2.75) is 63.1 Å². The number of rotatable bonds is 11. The third kappa shape index (κ3) is 6.12. The van der Waals surface area contributed by atoms with Crippen LogP contribution >= 0.6 is 11.3 Å². The Labute approximate surface area is 215 Å². The van der Waals surface area contributed by atoms with E-state index < -0.39 is 22.2 Å². The Kier molecular flexibility index (Phi) is 8.40. The molecule has 10 heteroatoms. The molecule has 1 aromatic carbocycles. The summed E-state index contributed by atoms with van der Waals surface area (Å²) in [6.45, 7) is 3.37. The minimum atomic E-state index is -4.02. The Morgan fingerprint density at radius 2 is 1.97 bits per heavy atom. The van der Waals surface area contributed by atoms with Crippen molar-refractivity contribution in [3.63, 3.8) is 0 Å². The Morgan fingerprint density at radius 1 is 1.19 bits per heavy atom. The highest BCUT2D eigenvalue weighted by molar-refractivity contribution is 7.89. The number of nitrogens with one attached hydrogen (secondary N) is 1. The van der Waals surface area contributed by atoms with Crippen LogP contribution in [0.25, 0.3) is 0 Å². The van der Waals surface area contributed by atoms with Gasteiger partial charge in [0.15, 0.2) is 5.76 Å². The number of carbonyl (C=O) groups is 1. The quantitative estimate of drug-likeness (QED) is 0.390. The molecule has 2 N–H and O–H groups in total. The molecular formula is C26H31N3O5S2. The molecule has 0 aliphatic heterocycles. The summed E-state index contributed by atoms with van der Waals surface area (Å²) in [5, 5.41) is 19.9. The summed E-state index contributed by atoms with van der Waals surface area (Å²) in [7, 11) is -4.02. The van der Waals surface area contributed by atoms with E-state index in [1.54, 1.807) is 0 Å². The maximum Gasteiger partial charge on any atom is 0.248 e. The second-order valence-electron chi connectivity index (χ2n) is 9.07. The van der Waals surface area contributed by atoms with E-state index in [1.807, 2.05) is 54.8 Å². The largest absolute Gasteiger partial charge is 0.390 e. The molecule has 2 aromatic heterocycles. The Balaban J connectivity index is 1.61. The normalized spacial score (nSPS) is 15.9. The van der Waals surface area contributed by atoms with Gasteiger partial charge in [0, 0.05) is 23.5 Å². The number of aliphatic hydroxyl groups excluding tert-OH is 1. The number of sulfonamides is 1. The van der Waals surface area contributed by atoms with Crippen molar-refractivity contribution >= 4 is 27.3 Å². The average Bonchev–Trinajstić information content (AvgIpc) is 3.61. The predicted molar refractivity (Wildman–Crippen MR) is 138 cm³/mol.